The highest BCUT2D eigenvalue weighted by atomic mass is 16.4. The van der Waals surface area contributed by atoms with Crippen LogP contribution in [0.3, 0.4) is 0 Å². The van der Waals surface area contributed by atoms with Crippen LogP contribution < -0.4 is 0 Å². The van der Waals surface area contributed by atoms with E-state index in [0.717, 1.165) is 146 Å². The average Bonchev–Trinajstić information content (AvgIpc) is 1.54. The number of aliphatic carboxylic acids is 2. The molecule has 8 atom stereocenters. The Kier molecular flexibility index (Phi) is 48.1. The number of hydrogen-bond donors (Lipinski definition) is 2. The summed E-state index contributed by atoms with van der Waals surface area (Å²) in [4.78, 5) is 117. The number of fused-ring (bicyclic) bond motifs is 2. The van der Waals surface area contributed by atoms with Crippen LogP contribution in [-0.2, 0) is 78.0 Å². The Morgan fingerprint density at radius 1 is 0.359 bits per heavy atom. The van der Waals surface area contributed by atoms with Crippen molar-refractivity contribution in [3.8, 4) is 0 Å². The van der Waals surface area contributed by atoms with Gasteiger partial charge in [0.1, 0.15) is 46.3 Å². The molecule has 142 heavy (non-hydrogen) atoms. The van der Waals surface area contributed by atoms with Gasteiger partial charge in [-0.05, 0) is 320 Å². The third-order valence-corrected chi connectivity index (χ3v) is 32.8. The van der Waals surface area contributed by atoms with E-state index in [4.69, 9.17) is 5.11 Å². The van der Waals surface area contributed by atoms with E-state index in [0.29, 0.717) is 64.3 Å². The molecule has 7 aliphatic rings. The summed E-state index contributed by atoms with van der Waals surface area (Å²) in [5.74, 6) is 2.68. The Morgan fingerprint density at radius 2 is 0.761 bits per heavy atom. The molecule has 8 unspecified atom stereocenters. The van der Waals surface area contributed by atoms with Gasteiger partial charge in [-0.3, -0.25) is 47.9 Å². The van der Waals surface area contributed by atoms with Gasteiger partial charge in [0.25, 0.3) is 0 Å². The zero-order chi connectivity index (χ0) is 111. The summed E-state index contributed by atoms with van der Waals surface area (Å²) in [5.41, 5.74) is 7.49. The first-order valence-corrected chi connectivity index (χ1v) is 55.2. The van der Waals surface area contributed by atoms with Gasteiger partial charge in [0.2, 0.25) is 0 Å². The van der Waals surface area contributed by atoms with Gasteiger partial charge in [-0.1, -0.05) is 388 Å². The van der Waals surface area contributed by atoms with Crippen LogP contribution in [-0.4, -0.2) is 68.4 Å². The minimum absolute atomic E-state index is 0.0237. The highest BCUT2D eigenvalue weighted by Gasteiger charge is 2.64. The smallest absolute Gasteiger partial charge is 0.314 e. The molecule has 0 heterocycles. The Morgan fingerprint density at radius 3 is 1.05 bits per heavy atom. The summed E-state index contributed by atoms with van der Waals surface area (Å²) in [6.07, 6.45) is 28.9. The van der Waals surface area contributed by atoms with E-state index in [1.165, 1.54) is 55.2 Å². The molecule has 5 fully saturated rings. The minimum atomic E-state index is -0.672. The molecular formula is C130H222O12. The molecule has 0 radical (unpaired) electrons. The Labute approximate surface area is 874 Å². The van der Waals surface area contributed by atoms with Crippen molar-refractivity contribution in [3.05, 3.63) is 107 Å². The third-order valence-electron chi connectivity index (χ3n) is 32.8. The molecule has 0 aromatic heterocycles. The Bertz CT molecular complexity index is 4490. The second kappa shape index (κ2) is 51.0. The fourth-order valence-corrected chi connectivity index (χ4v) is 27.0. The average molecular weight is 1980 g/mol. The van der Waals surface area contributed by atoms with Gasteiger partial charge >= 0.3 is 11.9 Å². The van der Waals surface area contributed by atoms with Crippen LogP contribution in [0.25, 0.3) is 0 Å². The van der Waals surface area contributed by atoms with Gasteiger partial charge in [0.15, 0.2) is 0 Å². The summed E-state index contributed by atoms with van der Waals surface area (Å²) in [7, 11) is 0. The summed E-state index contributed by atoms with van der Waals surface area (Å²) in [6, 6.07) is 26.6. The summed E-state index contributed by atoms with van der Waals surface area (Å²) in [6.45, 7) is 104. The van der Waals surface area contributed by atoms with E-state index in [9.17, 15) is 53.1 Å². The number of rotatable bonds is 21. The van der Waals surface area contributed by atoms with Crippen molar-refractivity contribution in [1.29, 1.82) is 0 Å². The second-order valence-electron chi connectivity index (χ2n) is 60.7. The quantitative estimate of drug-likeness (QED) is 0.102. The number of carboxylic acid groups (broad SMARTS) is 2. The molecule has 3 aromatic rings. The first-order valence-electron chi connectivity index (χ1n) is 55.2. The monoisotopic (exact) mass is 1980 g/mol. The largest absolute Gasteiger partial charge is 0.481 e. The number of benzene rings is 3. The van der Waals surface area contributed by atoms with Crippen LogP contribution in [0.15, 0.2) is 78.9 Å². The first kappa shape index (κ1) is 134. The van der Waals surface area contributed by atoms with E-state index in [1.807, 2.05) is 62.4 Å². The second-order valence-corrected chi connectivity index (χ2v) is 60.7. The molecule has 7 aliphatic carbocycles. The molecule has 3 aromatic carbocycles. The number of aryl methyl sites for hydroxylation is 1. The molecule has 2 N–H and O–H groups in total. The van der Waals surface area contributed by atoms with Gasteiger partial charge < -0.3 is 10.2 Å². The lowest BCUT2D eigenvalue weighted by Crippen LogP contribution is -2.42. The maximum Gasteiger partial charge on any atom is 0.314 e. The van der Waals surface area contributed by atoms with Crippen molar-refractivity contribution < 1.29 is 58.2 Å². The highest BCUT2D eigenvalue weighted by Crippen LogP contribution is 2.66. The van der Waals surface area contributed by atoms with Crippen LogP contribution >= 0.6 is 0 Å². The molecule has 10 rings (SSSR count). The normalized spacial score (nSPS) is 22.9. The van der Waals surface area contributed by atoms with E-state index in [1.54, 1.807) is 55.4 Å². The van der Waals surface area contributed by atoms with E-state index in [2.05, 4.69) is 300 Å². The zero-order valence-electron chi connectivity index (χ0n) is 102. The van der Waals surface area contributed by atoms with E-state index < -0.39 is 17.4 Å². The van der Waals surface area contributed by atoms with Gasteiger partial charge in [-0.2, -0.15) is 0 Å². The van der Waals surface area contributed by atoms with E-state index in [-0.39, 0.29) is 120 Å². The number of hydrogen-bond acceptors (Lipinski definition) is 10. The molecule has 0 aliphatic heterocycles. The van der Waals surface area contributed by atoms with Crippen LogP contribution in [0.2, 0.25) is 0 Å². The number of carbonyl (C=O) groups excluding carboxylic acids is 8. The molecule has 814 valence electrons. The molecular weight excluding hydrogens is 1750 g/mol. The number of ketones is 8. The lowest BCUT2D eigenvalue weighted by Gasteiger charge is -2.43. The molecule has 0 saturated heterocycles. The predicted octanol–water partition coefficient (Wildman–Crippen LogP) is 35.8. The van der Waals surface area contributed by atoms with Crippen molar-refractivity contribution in [3.63, 3.8) is 0 Å². The summed E-state index contributed by atoms with van der Waals surface area (Å²) < 4.78 is 0. The van der Waals surface area contributed by atoms with Gasteiger partial charge in [0, 0.05) is 38.4 Å². The maximum absolute atomic E-state index is 12.1. The lowest BCUT2D eigenvalue weighted by atomic mass is 9.59. The SMILES string of the molecule is CC(=O)C(C)(C)CC(C)(C)C.CC(=O)C(C)(CC(C)(C)C)c1ccccc1.CC(=O)C1(CC(C)(C)C)CCC(C)(C)C1.CC(=O)C1(CC(C)(C)C)CCCC1.CC(=O)C1(CC(C)(C)C)CCCC1(C)C.CC(=O)C1(CC(C)(C)C)Cc2ccccc2C1.CC(=O)C1C(C(C)(C)C)C1(C)C.CC(C)(C)C1CCCCC1C(=O)O.CC(C)(C)CC1(C(=O)O)CCc2ccccc21.CCC(CC)(CC(C)(C)C)C(C)=O. The van der Waals surface area contributed by atoms with Crippen molar-refractivity contribution in [2.24, 2.45) is 127 Å². The Hall–Kier alpha value is -6.04. The molecule has 0 bridgehead atoms. The Balaban J connectivity index is 0.000000791. The van der Waals surface area contributed by atoms with Crippen molar-refractivity contribution >= 4 is 58.2 Å². The molecule has 5 saturated carbocycles. The van der Waals surface area contributed by atoms with Crippen molar-refractivity contribution in [1.82, 2.24) is 0 Å². The van der Waals surface area contributed by atoms with Crippen molar-refractivity contribution in [2.45, 2.75) is 530 Å². The summed E-state index contributed by atoms with van der Waals surface area (Å²) >= 11 is 0. The third kappa shape index (κ3) is 41.8. The van der Waals surface area contributed by atoms with Gasteiger partial charge in [-0.25, -0.2) is 0 Å². The molecule has 12 heteroatoms. The fraction of sp³-hybridized carbons (Fsp3) is 0.785. The van der Waals surface area contributed by atoms with Crippen LogP contribution in [0, 0.1) is 127 Å². The minimum Gasteiger partial charge on any atom is -0.481 e. The van der Waals surface area contributed by atoms with Crippen LogP contribution in [0.4, 0.5) is 0 Å². The zero-order valence-corrected chi connectivity index (χ0v) is 102. The molecule has 12 nitrogen and oxygen atoms in total. The van der Waals surface area contributed by atoms with Gasteiger partial charge in [-0.15, -0.1) is 0 Å². The number of carboxylic acids is 2. The first-order chi connectivity index (χ1) is 63.5. The van der Waals surface area contributed by atoms with Crippen LogP contribution in [0.1, 0.15) is 528 Å². The topological polar surface area (TPSA) is 211 Å². The summed E-state index contributed by atoms with van der Waals surface area (Å²) in [5, 5.41) is 18.7. The number of carbonyl (C=O) groups is 10. The predicted molar refractivity (Wildman–Crippen MR) is 603 cm³/mol. The van der Waals surface area contributed by atoms with Gasteiger partial charge in [0.05, 0.1) is 16.7 Å². The lowest BCUT2D eigenvalue weighted by molar-refractivity contribution is -0.147. The fourth-order valence-electron chi connectivity index (χ4n) is 27.0. The van der Waals surface area contributed by atoms with Crippen molar-refractivity contribution in [2.75, 3.05) is 0 Å². The molecule has 0 amide bonds. The standard InChI is InChI=1S/C16H22O.C15H20O2.C15H22O.2C14H26O.C12H22O.C12H24O.C11H20O2.C11H20O.C10H20O/c1-12(17)16(11-15(2,3)4)9-13-7-5-6-8-14(13)10-16;1-14(2,3)10-15(13(16)17)9-8-11-6-4-5-7-12(11)15;1-12(16)15(5,11-14(2,3)4)13-9-7-6-8-10-13;1-11(15)14(9-12(2,3)4)8-7-13(5,6)10-14;1-11(15)14(10-12(2,3)4)9-7-8-13(14,5)6;1-10(13)12(7-5-6-8-12)9-11(2,3)4;1-7-12(8-2,10(3)13)9-11(4,5)6;1-11(2,3)9-7-5-4-6-8(9)10(12)13;1-7(12)8-9(10(2,3)4)11(8,5)6;1-8(11)10(5,6)7-9(2,3)4/h5-8H,9-11H2,1-4H3;4-7H,8-10H2,1-3H3,(H,16,17);6-10H,11H2,1-5H3;2*7-10H2,1-6H3;5-9H2,1-4H3;7-9H2,1-6H3;8-9H,4-7H2,1-3H3,(H,12,13);8-9H,1-6H3;7H2,1-6H3. The highest BCUT2D eigenvalue weighted by molar-refractivity contribution is 5.89. The maximum atomic E-state index is 12.1. The number of Topliss-reactive ketones (excluding diaryl/α,β-unsaturated/α-hetero) is 8. The van der Waals surface area contributed by atoms with Crippen LogP contribution in [0.5, 0.6) is 0 Å². The molecule has 0 spiro atoms. The van der Waals surface area contributed by atoms with E-state index >= 15 is 0 Å².